The molecule has 0 bridgehead atoms. The van der Waals surface area contributed by atoms with Crippen molar-refractivity contribution in [3.8, 4) is 0 Å². The highest BCUT2D eigenvalue weighted by Crippen LogP contribution is 2.33. The molecule has 5 nitrogen and oxygen atoms in total. The van der Waals surface area contributed by atoms with Crippen molar-refractivity contribution in [1.82, 2.24) is 9.88 Å². The van der Waals surface area contributed by atoms with Crippen LogP contribution >= 0.6 is 0 Å². The van der Waals surface area contributed by atoms with Crippen LogP contribution in [0.25, 0.3) is 10.9 Å². The van der Waals surface area contributed by atoms with Crippen LogP contribution in [-0.4, -0.2) is 37.3 Å². The van der Waals surface area contributed by atoms with Crippen molar-refractivity contribution in [2.45, 2.75) is 29.6 Å². The predicted molar refractivity (Wildman–Crippen MR) is 103 cm³/mol. The first kappa shape index (κ1) is 18.6. The smallest absolute Gasteiger partial charge is 0.256 e. The molecule has 0 aliphatic carbocycles. The molecule has 1 aliphatic rings. The van der Waals surface area contributed by atoms with Crippen LogP contribution in [0.15, 0.2) is 58.5 Å². The summed E-state index contributed by atoms with van der Waals surface area (Å²) in [6.45, 7) is 2.84. The summed E-state index contributed by atoms with van der Waals surface area (Å²) >= 11 is 0. The molecular formula is C21H19FN2O3S. The van der Waals surface area contributed by atoms with E-state index in [-0.39, 0.29) is 26.6 Å². The van der Waals surface area contributed by atoms with Gasteiger partial charge in [0, 0.05) is 24.7 Å². The number of rotatable bonds is 3. The van der Waals surface area contributed by atoms with E-state index < -0.39 is 15.7 Å². The van der Waals surface area contributed by atoms with Gasteiger partial charge in [0.15, 0.2) is 0 Å². The number of hydrogen-bond acceptors (Lipinski definition) is 4. The summed E-state index contributed by atoms with van der Waals surface area (Å²) in [5, 5.41) is 0.119. The van der Waals surface area contributed by atoms with E-state index in [1.807, 2.05) is 0 Å². The van der Waals surface area contributed by atoms with Crippen LogP contribution in [0.3, 0.4) is 0 Å². The quantitative estimate of drug-likeness (QED) is 0.674. The highest BCUT2D eigenvalue weighted by Gasteiger charge is 2.31. The number of aromatic nitrogens is 1. The Morgan fingerprint density at radius 1 is 1.11 bits per heavy atom. The second-order valence-corrected chi connectivity index (χ2v) is 8.79. The molecule has 1 fully saturated rings. The standard InChI is InChI=1S/C21H19FN2O3S/c1-14-6-2-3-7-19(14)28(26,27)20-16-12-15(22)8-9-18(16)23-13-17(20)21(25)24-10-4-5-11-24/h2-3,6-9,12-13H,4-5,10-11H2,1H3. The summed E-state index contributed by atoms with van der Waals surface area (Å²) in [5.74, 6) is -0.968. The monoisotopic (exact) mass is 398 g/mol. The fourth-order valence-electron chi connectivity index (χ4n) is 3.64. The van der Waals surface area contributed by atoms with Gasteiger partial charge in [-0.1, -0.05) is 18.2 Å². The number of likely N-dealkylation sites (tertiary alicyclic amines) is 1. The van der Waals surface area contributed by atoms with E-state index in [2.05, 4.69) is 4.98 Å². The van der Waals surface area contributed by atoms with Gasteiger partial charge in [-0.05, 0) is 49.6 Å². The number of sulfone groups is 1. The summed E-state index contributed by atoms with van der Waals surface area (Å²) in [4.78, 5) is 18.9. The van der Waals surface area contributed by atoms with Crippen molar-refractivity contribution >= 4 is 26.6 Å². The Hall–Kier alpha value is -2.80. The van der Waals surface area contributed by atoms with Gasteiger partial charge in [0.25, 0.3) is 5.91 Å². The number of fused-ring (bicyclic) bond motifs is 1. The van der Waals surface area contributed by atoms with Crippen molar-refractivity contribution in [3.63, 3.8) is 0 Å². The number of carbonyl (C=O) groups excluding carboxylic acids is 1. The van der Waals surface area contributed by atoms with E-state index in [9.17, 15) is 17.6 Å². The van der Waals surface area contributed by atoms with Crippen LogP contribution in [0.4, 0.5) is 4.39 Å². The molecule has 1 aliphatic heterocycles. The van der Waals surface area contributed by atoms with Gasteiger partial charge in [-0.2, -0.15) is 0 Å². The number of benzene rings is 2. The average Bonchev–Trinajstić information content (AvgIpc) is 3.21. The maximum atomic E-state index is 14.0. The van der Waals surface area contributed by atoms with Gasteiger partial charge in [-0.15, -0.1) is 0 Å². The zero-order valence-corrected chi connectivity index (χ0v) is 16.2. The first-order valence-electron chi connectivity index (χ1n) is 9.08. The Morgan fingerprint density at radius 2 is 1.82 bits per heavy atom. The maximum Gasteiger partial charge on any atom is 0.256 e. The zero-order chi connectivity index (χ0) is 19.9. The normalized spacial score (nSPS) is 14.6. The minimum Gasteiger partial charge on any atom is -0.339 e. The van der Waals surface area contributed by atoms with Gasteiger partial charge < -0.3 is 4.90 Å². The molecule has 0 N–H and O–H groups in total. The van der Waals surface area contributed by atoms with Crippen molar-refractivity contribution in [2.24, 2.45) is 0 Å². The molecule has 1 amide bonds. The van der Waals surface area contributed by atoms with Gasteiger partial charge in [0.1, 0.15) is 5.82 Å². The average molecular weight is 398 g/mol. The SMILES string of the molecule is Cc1ccccc1S(=O)(=O)c1c(C(=O)N2CCCC2)cnc2ccc(F)cc12. The molecule has 1 saturated heterocycles. The van der Waals surface area contributed by atoms with Crippen LogP contribution in [0.1, 0.15) is 28.8 Å². The van der Waals surface area contributed by atoms with Crippen molar-refractivity contribution in [3.05, 3.63) is 65.6 Å². The van der Waals surface area contributed by atoms with Gasteiger partial charge >= 0.3 is 0 Å². The molecule has 28 heavy (non-hydrogen) atoms. The second kappa shape index (κ2) is 6.98. The van der Waals surface area contributed by atoms with E-state index in [4.69, 9.17) is 0 Å². The summed E-state index contributed by atoms with van der Waals surface area (Å²) in [7, 11) is -4.07. The van der Waals surface area contributed by atoms with Gasteiger partial charge in [-0.3, -0.25) is 9.78 Å². The van der Waals surface area contributed by atoms with Crippen molar-refractivity contribution < 1.29 is 17.6 Å². The molecule has 7 heteroatoms. The molecule has 2 heterocycles. The predicted octanol–water partition coefficient (Wildman–Crippen LogP) is 3.75. The van der Waals surface area contributed by atoms with E-state index in [1.165, 1.54) is 24.4 Å². The molecular weight excluding hydrogens is 379 g/mol. The number of amides is 1. The lowest BCUT2D eigenvalue weighted by atomic mass is 10.1. The highest BCUT2D eigenvalue weighted by molar-refractivity contribution is 7.91. The third kappa shape index (κ3) is 3.05. The number of carbonyl (C=O) groups is 1. The van der Waals surface area contributed by atoms with E-state index in [0.29, 0.717) is 24.2 Å². The van der Waals surface area contributed by atoms with Crippen molar-refractivity contribution in [1.29, 1.82) is 0 Å². The Labute approximate surface area is 162 Å². The van der Waals surface area contributed by atoms with Crippen LogP contribution in [-0.2, 0) is 9.84 Å². The number of halogens is 1. The summed E-state index contributed by atoms with van der Waals surface area (Å²) in [5.41, 5.74) is 0.873. The molecule has 2 aromatic carbocycles. The fraction of sp³-hybridized carbons (Fsp3) is 0.238. The van der Waals surface area contributed by atoms with Crippen molar-refractivity contribution in [2.75, 3.05) is 13.1 Å². The largest absolute Gasteiger partial charge is 0.339 e. The maximum absolute atomic E-state index is 14.0. The third-order valence-corrected chi connectivity index (χ3v) is 7.07. The fourth-order valence-corrected chi connectivity index (χ4v) is 5.49. The molecule has 0 atom stereocenters. The number of nitrogens with zero attached hydrogens (tertiary/aromatic N) is 2. The molecule has 4 rings (SSSR count). The summed E-state index contributed by atoms with van der Waals surface area (Å²) in [6, 6.07) is 10.3. The first-order valence-corrected chi connectivity index (χ1v) is 10.6. The lowest BCUT2D eigenvalue weighted by Crippen LogP contribution is -2.29. The zero-order valence-electron chi connectivity index (χ0n) is 15.4. The minimum absolute atomic E-state index is 0.0109. The summed E-state index contributed by atoms with van der Waals surface area (Å²) < 4.78 is 41.2. The van der Waals surface area contributed by atoms with E-state index in [1.54, 1.807) is 30.0 Å². The second-order valence-electron chi connectivity index (χ2n) is 6.93. The Bertz CT molecular complexity index is 1190. The number of pyridine rings is 1. The van der Waals surface area contributed by atoms with Gasteiger partial charge in [0.2, 0.25) is 9.84 Å². The van der Waals surface area contributed by atoms with Crippen LogP contribution in [0.2, 0.25) is 0 Å². The topological polar surface area (TPSA) is 67.3 Å². The molecule has 0 unspecified atom stereocenters. The number of aryl methyl sites for hydroxylation is 1. The van der Waals surface area contributed by atoms with Crippen LogP contribution in [0.5, 0.6) is 0 Å². The Kier molecular flexibility index (Phi) is 4.63. The molecule has 0 spiro atoms. The minimum atomic E-state index is -4.07. The number of hydrogen-bond donors (Lipinski definition) is 0. The van der Waals surface area contributed by atoms with Crippen LogP contribution in [0, 0.1) is 12.7 Å². The lowest BCUT2D eigenvalue weighted by Gasteiger charge is -2.19. The van der Waals surface area contributed by atoms with Gasteiger partial charge in [0.05, 0.1) is 20.9 Å². The lowest BCUT2D eigenvalue weighted by molar-refractivity contribution is 0.0789. The molecule has 0 radical (unpaired) electrons. The molecule has 144 valence electrons. The Balaban J connectivity index is 2.04. The van der Waals surface area contributed by atoms with Gasteiger partial charge in [-0.25, -0.2) is 12.8 Å². The first-order chi connectivity index (χ1) is 13.4. The molecule has 0 saturated carbocycles. The Morgan fingerprint density at radius 3 is 2.54 bits per heavy atom. The molecule has 1 aromatic heterocycles. The highest BCUT2D eigenvalue weighted by atomic mass is 32.2. The third-order valence-electron chi connectivity index (χ3n) is 5.06. The molecule has 3 aromatic rings. The van der Waals surface area contributed by atoms with E-state index in [0.717, 1.165) is 18.9 Å². The van der Waals surface area contributed by atoms with E-state index >= 15 is 0 Å². The summed E-state index contributed by atoms with van der Waals surface area (Å²) in [6.07, 6.45) is 3.05. The van der Waals surface area contributed by atoms with Crippen LogP contribution < -0.4 is 0 Å².